The van der Waals surface area contributed by atoms with Crippen LogP contribution in [0.2, 0.25) is 5.02 Å². The van der Waals surface area contributed by atoms with E-state index in [4.69, 9.17) is 22.4 Å². The Morgan fingerprint density at radius 1 is 1.47 bits per heavy atom. The van der Waals surface area contributed by atoms with E-state index in [0.717, 1.165) is 0 Å². The minimum atomic E-state index is -0.864. The molecule has 1 aromatic carbocycles. The van der Waals surface area contributed by atoms with Crippen molar-refractivity contribution in [1.29, 1.82) is 0 Å². The molecule has 0 saturated heterocycles. The summed E-state index contributed by atoms with van der Waals surface area (Å²) >= 11 is 5.83. The molecule has 1 aromatic rings. The molecule has 0 spiro atoms. The van der Waals surface area contributed by atoms with Gasteiger partial charge in [0, 0.05) is 18.5 Å². The molecule has 5 nitrogen and oxygen atoms in total. The number of amides is 1. The van der Waals surface area contributed by atoms with E-state index < -0.39 is 5.97 Å². The van der Waals surface area contributed by atoms with Crippen LogP contribution in [0.4, 0.5) is 5.69 Å². The van der Waals surface area contributed by atoms with E-state index in [1.807, 2.05) is 6.92 Å². The van der Waals surface area contributed by atoms with E-state index >= 15 is 0 Å². The Morgan fingerprint density at radius 3 is 2.68 bits per heavy atom. The number of carbonyl (C=O) groups excluding carboxylic acids is 1. The Labute approximate surface area is 116 Å². The van der Waals surface area contributed by atoms with Crippen LogP contribution in [0.1, 0.15) is 30.1 Å². The Balaban J connectivity index is 2.59. The summed E-state index contributed by atoms with van der Waals surface area (Å²) in [6.45, 7) is 2.21. The fourth-order valence-corrected chi connectivity index (χ4v) is 1.80. The zero-order chi connectivity index (χ0) is 14.4. The SMILES string of the molecule is CCC(CNC(=O)c1ccc(N)c(Cl)c1)CC(=O)O. The topological polar surface area (TPSA) is 92.4 Å². The highest BCUT2D eigenvalue weighted by Crippen LogP contribution is 2.19. The fourth-order valence-electron chi connectivity index (χ4n) is 1.62. The maximum Gasteiger partial charge on any atom is 0.303 e. The van der Waals surface area contributed by atoms with Crippen LogP contribution < -0.4 is 11.1 Å². The van der Waals surface area contributed by atoms with E-state index in [9.17, 15) is 9.59 Å². The van der Waals surface area contributed by atoms with Crippen LogP contribution in [-0.2, 0) is 4.79 Å². The number of rotatable bonds is 6. The van der Waals surface area contributed by atoms with Crippen molar-refractivity contribution in [3.8, 4) is 0 Å². The number of hydrogen-bond acceptors (Lipinski definition) is 3. The van der Waals surface area contributed by atoms with Gasteiger partial charge in [-0.3, -0.25) is 9.59 Å². The van der Waals surface area contributed by atoms with Crippen molar-refractivity contribution in [1.82, 2.24) is 5.32 Å². The predicted octanol–water partition coefficient (Wildman–Crippen LogP) is 2.15. The summed E-state index contributed by atoms with van der Waals surface area (Å²) in [4.78, 5) is 22.5. The van der Waals surface area contributed by atoms with Crippen LogP contribution in [0.5, 0.6) is 0 Å². The third kappa shape index (κ3) is 4.79. The van der Waals surface area contributed by atoms with Crippen LogP contribution in [0.25, 0.3) is 0 Å². The van der Waals surface area contributed by atoms with Gasteiger partial charge < -0.3 is 16.2 Å². The smallest absolute Gasteiger partial charge is 0.303 e. The summed E-state index contributed by atoms with van der Waals surface area (Å²) in [7, 11) is 0. The molecule has 0 fully saturated rings. The third-order valence-electron chi connectivity index (χ3n) is 2.85. The molecule has 1 unspecified atom stereocenters. The van der Waals surface area contributed by atoms with E-state index in [1.54, 1.807) is 12.1 Å². The molecular formula is C13H17ClN2O3. The number of hydrogen-bond donors (Lipinski definition) is 3. The second-order valence-electron chi connectivity index (χ2n) is 4.32. The van der Waals surface area contributed by atoms with Gasteiger partial charge in [0.05, 0.1) is 10.7 Å². The number of halogens is 1. The molecule has 0 aliphatic carbocycles. The van der Waals surface area contributed by atoms with Gasteiger partial charge in [-0.25, -0.2) is 0 Å². The second-order valence-corrected chi connectivity index (χ2v) is 4.73. The molecule has 1 atom stereocenters. The molecule has 1 rings (SSSR count). The molecular weight excluding hydrogens is 268 g/mol. The van der Waals surface area contributed by atoms with Crippen molar-refractivity contribution < 1.29 is 14.7 Å². The highest BCUT2D eigenvalue weighted by Gasteiger charge is 2.13. The number of carboxylic acid groups (broad SMARTS) is 1. The molecule has 0 saturated carbocycles. The minimum Gasteiger partial charge on any atom is -0.481 e. The monoisotopic (exact) mass is 284 g/mol. The molecule has 4 N–H and O–H groups in total. The van der Waals surface area contributed by atoms with E-state index in [1.165, 1.54) is 6.07 Å². The number of nitrogen functional groups attached to an aromatic ring is 1. The molecule has 1 amide bonds. The van der Waals surface area contributed by atoms with Crippen LogP contribution in [-0.4, -0.2) is 23.5 Å². The number of aliphatic carboxylic acids is 1. The zero-order valence-electron chi connectivity index (χ0n) is 10.6. The number of nitrogens with two attached hydrogens (primary N) is 1. The summed E-state index contributed by atoms with van der Waals surface area (Å²) in [5.41, 5.74) is 6.38. The molecule has 6 heteroatoms. The van der Waals surface area contributed by atoms with Crippen molar-refractivity contribution in [2.45, 2.75) is 19.8 Å². The van der Waals surface area contributed by atoms with E-state index in [0.29, 0.717) is 29.2 Å². The van der Waals surface area contributed by atoms with Crippen LogP contribution in [0.15, 0.2) is 18.2 Å². The average molecular weight is 285 g/mol. The summed E-state index contributed by atoms with van der Waals surface area (Å²) in [6, 6.07) is 4.63. The molecule has 104 valence electrons. The van der Waals surface area contributed by atoms with Crippen molar-refractivity contribution in [3.63, 3.8) is 0 Å². The Kier molecular flexibility index (Phi) is 5.63. The van der Waals surface area contributed by atoms with Gasteiger partial charge in [0.2, 0.25) is 0 Å². The van der Waals surface area contributed by atoms with Crippen LogP contribution >= 0.6 is 11.6 Å². The van der Waals surface area contributed by atoms with Gasteiger partial charge in [0.25, 0.3) is 5.91 Å². The number of carboxylic acids is 1. The Morgan fingerprint density at radius 2 is 2.16 bits per heavy atom. The molecule has 0 heterocycles. The molecule has 19 heavy (non-hydrogen) atoms. The van der Waals surface area contributed by atoms with Crippen LogP contribution in [0, 0.1) is 5.92 Å². The first-order chi connectivity index (χ1) is 8.93. The summed E-state index contributed by atoms with van der Waals surface area (Å²) in [6.07, 6.45) is 0.731. The quantitative estimate of drug-likeness (QED) is 0.698. The van der Waals surface area contributed by atoms with Crippen molar-refractivity contribution in [2.75, 3.05) is 12.3 Å². The first kappa shape index (κ1) is 15.3. The van der Waals surface area contributed by atoms with Crippen molar-refractivity contribution in [3.05, 3.63) is 28.8 Å². The number of nitrogens with one attached hydrogen (secondary N) is 1. The highest BCUT2D eigenvalue weighted by molar-refractivity contribution is 6.33. The lowest BCUT2D eigenvalue weighted by Crippen LogP contribution is -2.30. The second kappa shape index (κ2) is 6.99. The molecule has 0 radical (unpaired) electrons. The molecule has 0 aliphatic heterocycles. The molecule has 0 aliphatic rings. The average Bonchev–Trinajstić information content (AvgIpc) is 2.36. The minimum absolute atomic E-state index is 0.0409. The summed E-state index contributed by atoms with van der Waals surface area (Å²) < 4.78 is 0. The predicted molar refractivity (Wildman–Crippen MR) is 74.2 cm³/mol. The van der Waals surface area contributed by atoms with Crippen molar-refractivity contribution >= 4 is 29.2 Å². The highest BCUT2D eigenvalue weighted by atomic mass is 35.5. The molecule has 0 bridgehead atoms. The lowest BCUT2D eigenvalue weighted by atomic mass is 10.0. The summed E-state index contributed by atoms with van der Waals surface area (Å²) in [5, 5.41) is 11.7. The van der Waals surface area contributed by atoms with Gasteiger partial charge >= 0.3 is 5.97 Å². The third-order valence-corrected chi connectivity index (χ3v) is 3.18. The van der Waals surface area contributed by atoms with E-state index in [2.05, 4.69) is 5.32 Å². The van der Waals surface area contributed by atoms with E-state index in [-0.39, 0.29) is 18.2 Å². The first-order valence-electron chi connectivity index (χ1n) is 5.99. The maximum absolute atomic E-state index is 11.9. The number of anilines is 1. The normalized spacial score (nSPS) is 11.9. The largest absolute Gasteiger partial charge is 0.481 e. The van der Waals surface area contributed by atoms with Gasteiger partial charge in [0.1, 0.15) is 0 Å². The van der Waals surface area contributed by atoms with Gasteiger partial charge in [-0.1, -0.05) is 24.9 Å². The molecule has 0 aromatic heterocycles. The van der Waals surface area contributed by atoms with Gasteiger partial charge in [-0.05, 0) is 24.1 Å². The first-order valence-corrected chi connectivity index (χ1v) is 6.36. The Bertz CT molecular complexity index is 477. The fraction of sp³-hybridized carbons (Fsp3) is 0.385. The zero-order valence-corrected chi connectivity index (χ0v) is 11.4. The van der Waals surface area contributed by atoms with Crippen LogP contribution in [0.3, 0.4) is 0 Å². The van der Waals surface area contributed by atoms with Crippen molar-refractivity contribution in [2.24, 2.45) is 5.92 Å². The van der Waals surface area contributed by atoms with Gasteiger partial charge in [0.15, 0.2) is 0 Å². The lowest BCUT2D eigenvalue weighted by Gasteiger charge is -2.13. The standard InChI is InChI=1S/C13H17ClN2O3/c1-2-8(5-12(17)18)7-16-13(19)9-3-4-11(15)10(14)6-9/h3-4,6,8H,2,5,7,15H2,1H3,(H,16,19)(H,17,18). The lowest BCUT2D eigenvalue weighted by molar-refractivity contribution is -0.138. The summed E-state index contributed by atoms with van der Waals surface area (Å²) in [5.74, 6) is -1.23. The number of benzene rings is 1. The number of carbonyl (C=O) groups is 2. The Hall–Kier alpha value is -1.75. The maximum atomic E-state index is 11.9. The van der Waals surface area contributed by atoms with Gasteiger partial charge in [-0.2, -0.15) is 0 Å². The van der Waals surface area contributed by atoms with Gasteiger partial charge in [-0.15, -0.1) is 0 Å².